The molecule has 0 amide bonds. The van der Waals surface area contributed by atoms with Crippen LogP contribution in [0.25, 0.3) is 0 Å². The Morgan fingerprint density at radius 1 is 0.302 bits per heavy atom. The fraction of sp³-hybridized carbons (Fsp3) is 0.947. The summed E-state index contributed by atoms with van der Waals surface area (Å²) in [6, 6.07) is 0. The zero-order valence-electron chi connectivity index (χ0n) is 43.2. The number of esters is 3. The number of hydrogen-bond donors (Lipinski definition) is 0. The highest BCUT2D eigenvalue weighted by Gasteiger charge is 2.19. The van der Waals surface area contributed by atoms with Gasteiger partial charge < -0.3 is 14.2 Å². The molecule has 1 atom stereocenters. The fourth-order valence-corrected chi connectivity index (χ4v) is 8.70. The van der Waals surface area contributed by atoms with Crippen LogP contribution < -0.4 is 0 Å². The molecule has 6 nitrogen and oxygen atoms in total. The zero-order chi connectivity index (χ0) is 46.1. The molecule has 0 aromatic carbocycles. The lowest BCUT2D eigenvalue weighted by Crippen LogP contribution is -2.30. The summed E-state index contributed by atoms with van der Waals surface area (Å²) in [5.41, 5.74) is 0. The van der Waals surface area contributed by atoms with Crippen molar-refractivity contribution >= 4 is 17.9 Å². The van der Waals surface area contributed by atoms with Crippen LogP contribution in [-0.4, -0.2) is 37.2 Å². The Morgan fingerprint density at radius 2 is 0.524 bits per heavy atom. The Hall–Kier alpha value is -1.59. The van der Waals surface area contributed by atoms with Gasteiger partial charge in [0.15, 0.2) is 6.10 Å². The summed E-state index contributed by atoms with van der Waals surface area (Å²) < 4.78 is 16.9. The third-order valence-electron chi connectivity index (χ3n) is 13.0. The highest BCUT2D eigenvalue weighted by molar-refractivity contribution is 5.71. The van der Waals surface area contributed by atoms with Crippen LogP contribution in [0.1, 0.15) is 317 Å². The van der Waals surface area contributed by atoms with Crippen LogP contribution in [0.2, 0.25) is 0 Å². The molecule has 0 N–H and O–H groups in total. The van der Waals surface area contributed by atoms with Gasteiger partial charge in [0, 0.05) is 19.3 Å². The molecule has 0 saturated carbocycles. The Labute approximate surface area is 393 Å². The van der Waals surface area contributed by atoms with E-state index in [4.69, 9.17) is 14.2 Å². The van der Waals surface area contributed by atoms with Gasteiger partial charge in [-0.15, -0.1) is 0 Å². The standard InChI is InChI=1S/C57H110O6/c1-6-7-8-9-10-11-12-13-14-15-16-17-18-21-27-32-37-42-47-55(58)61-50-54(63-57(60)49-44-39-34-29-24-23-26-31-36-41-46-53(4)5)51-62-56(59)48-43-38-33-28-22-19-20-25-30-35-40-45-52(2)3/h52-54H,6-51H2,1-5H3/t54-/m1/s1. The summed E-state index contributed by atoms with van der Waals surface area (Å²) >= 11 is 0. The maximum Gasteiger partial charge on any atom is 0.306 e. The summed E-state index contributed by atoms with van der Waals surface area (Å²) in [6.07, 6.45) is 52.4. The summed E-state index contributed by atoms with van der Waals surface area (Å²) in [7, 11) is 0. The lowest BCUT2D eigenvalue weighted by Gasteiger charge is -2.18. The highest BCUT2D eigenvalue weighted by atomic mass is 16.6. The van der Waals surface area contributed by atoms with E-state index >= 15 is 0 Å². The Morgan fingerprint density at radius 3 is 0.778 bits per heavy atom. The van der Waals surface area contributed by atoms with E-state index < -0.39 is 6.10 Å². The smallest absolute Gasteiger partial charge is 0.306 e. The second-order valence-electron chi connectivity index (χ2n) is 20.5. The number of hydrogen-bond acceptors (Lipinski definition) is 6. The summed E-state index contributed by atoms with van der Waals surface area (Å²) in [5, 5.41) is 0. The molecule has 0 saturated heterocycles. The molecular formula is C57H110O6. The van der Waals surface area contributed by atoms with E-state index in [1.54, 1.807) is 0 Å². The molecule has 0 aliphatic rings. The van der Waals surface area contributed by atoms with Crippen molar-refractivity contribution in [2.45, 2.75) is 323 Å². The number of unbranched alkanes of at least 4 members (excludes halogenated alkanes) is 36. The number of rotatable bonds is 51. The minimum absolute atomic E-state index is 0.0632. The molecule has 0 aromatic rings. The van der Waals surface area contributed by atoms with Gasteiger partial charge in [0.1, 0.15) is 13.2 Å². The minimum atomic E-state index is -0.763. The van der Waals surface area contributed by atoms with Crippen molar-refractivity contribution in [3.8, 4) is 0 Å². The first-order valence-electron chi connectivity index (χ1n) is 28.2. The fourth-order valence-electron chi connectivity index (χ4n) is 8.70. The van der Waals surface area contributed by atoms with Crippen LogP contribution >= 0.6 is 0 Å². The first-order valence-corrected chi connectivity index (χ1v) is 28.2. The SMILES string of the molecule is CCCCCCCCCCCCCCCCCCCCC(=O)OC[C@H](COC(=O)CCCCCCCCCCCCCC(C)C)OC(=O)CCCCCCCCCCCCC(C)C. The largest absolute Gasteiger partial charge is 0.462 e. The Bertz CT molecular complexity index is 962. The van der Waals surface area contributed by atoms with E-state index in [1.165, 1.54) is 205 Å². The van der Waals surface area contributed by atoms with Gasteiger partial charge in [-0.25, -0.2) is 0 Å². The molecule has 0 aliphatic heterocycles. The van der Waals surface area contributed by atoms with Crippen LogP contribution in [0.3, 0.4) is 0 Å². The number of ether oxygens (including phenoxy) is 3. The van der Waals surface area contributed by atoms with Crippen LogP contribution in [0.15, 0.2) is 0 Å². The maximum absolute atomic E-state index is 12.8. The van der Waals surface area contributed by atoms with Crippen molar-refractivity contribution in [3.05, 3.63) is 0 Å². The van der Waals surface area contributed by atoms with Gasteiger partial charge in [-0.05, 0) is 31.1 Å². The predicted octanol–water partition coefficient (Wildman–Crippen LogP) is 18.5. The van der Waals surface area contributed by atoms with E-state index in [9.17, 15) is 14.4 Å². The van der Waals surface area contributed by atoms with Crippen LogP contribution in [0.5, 0.6) is 0 Å². The third kappa shape index (κ3) is 51.3. The highest BCUT2D eigenvalue weighted by Crippen LogP contribution is 2.18. The average Bonchev–Trinajstić information content (AvgIpc) is 3.25. The molecule has 0 aliphatic carbocycles. The summed E-state index contributed by atoms with van der Waals surface area (Å²) in [6.45, 7) is 11.4. The average molecular weight is 892 g/mol. The Balaban J connectivity index is 4.28. The van der Waals surface area contributed by atoms with E-state index in [1.807, 2.05) is 0 Å². The molecular weight excluding hydrogens is 781 g/mol. The van der Waals surface area contributed by atoms with E-state index in [-0.39, 0.29) is 31.1 Å². The maximum atomic E-state index is 12.8. The molecule has 0 spiro atoms. The van der Waals surface area contributed by atoms with Gasteiger partial charge in [-0.1, -0.05) is 279 Å². The second-order valence-corrected chi connectivity index (χ2v) is 20.5. The predicted molar refractivity (Wildman–Crippen MR) is 270 cm³/mol. The van der Waals surface area contributed by atoms with Crippen molar-refractivity contribution in [2.24, 2.45) is 11.8 Å². The van der Waals surface area contributed by atoms with Gasteiger partial charge in [0.2, 0.25) is 0 Å². The third-order valence-corrected chi connectivity index (χ3v) is 13.0. The first kappa shape index (κ1) is 61.4. The quantitative estimate of drug-likeness (QED) is 0.0344. The van der Waals surface area contributed by atoms with Gasteiger partial charge in [0.25, 0.3) is 0 Å². The van der Waals surface area contributed by atoms with Crippen molar-refractivity contribution in [1.29, 1.82) is 0 Å². The van der Waals surface area contributed by atoms with Gasteiger partial charge >= 0.3 is 17.9 Å². The molecule has 374 valence electrons. The topological polar surface area (TPSA) is 78.9 Å². The van der Waals surface area contributed by atoms with Crippen LogP contribution in [0.4, 0.5) is 0 Å². The lowest BCUT2D eigenvalue weighted by molar-refractivity contribution is -0.167. The van der Waals surface area contributed by atoms with Crippen LogP contribution in [0, 0.1) is 11.8 Å². The zero-order valence-corrected chi connectivity index (χ0v) is 43.2. The van der Waals surface area contributed by atoms with Gasteiger partial charge in [0.05, 0.1) is 0 Å². The van der Waals surface area contributed by atoms with Gasteiger partial charge in [-0.3, -0.25) is 14.4 Å². The van der Waals surface area contributed by atoms with Gasteiger partial charge in [-0.2, -0.15) is 0 Å². The summed E-state index contributed by atoms with van der Waals surface area (Å²) in [5.74, 6) is 0.800. The lowest BCUT2D eigenvalue weighted by atomic mass is 10.0. The first-order chi connectivity index (χ1) is 30.7. The Kier molecular flexibility index (Phi) is 48.6. The summed E-state index contributed by atoms with van der Waals surface area (Å²) in [4.78, 5) is 38.1. The van der Waals surface area contributed by atoms with Crippen LogP contribution in [-0.2, 0) is 28.6 Å². The normalized spacial score (nSPS) is 12.0. The molecule has 6 heteroatoms. The molecule has 0 unspecified atom stereocenters. The molecule has 0 heterocycles. The molecule has 0 fully saturated rings. The molecule has 63 heavy (non-hydrogen) atoms. The number of carbonyl (C=O) groups excluding carboxylic acids is 3. The van der Waals surface area contributed by atoms with Crippen molar-refractivity contribution in [2.75, 3.05) is 13.2 Å². The monoisotopic (exact) mass is 891 g/mol. The van der Waals surface area contributed by atoms with E-state index in [0.717, 1.165) is 69.6 Å². The molecule has 0 rings (SSSR count). The molecule has 0 bridgehead atoms. The molecule has 0 radical (unpaired) electrons. The minimum Gasteiger partial charge on any atom is -0.462 e. The van der Waals surface area contributed by atoms with E-state index in [2.05, 4.69) is 34.6 Å². The van der Waals surface area contributed by atoms with Crippen molar-refractivity contribution in [1.82, 2.24) is 0 Å². The number of carbonyl (C=O) groups is 3. The molecule has 0 aromatic heterocycles. The van der Waals surface area contributed by atoms with E-state index in [0.29, 0.717) is 19.3 Å². The second kappa shape index (κ2) is 49.8. The van der Waals surface area contributed by atoms with Crippen molar-refractivity contribution < 1.29 is 28.6 Å². The van der Waals surface area contributed by atoms with Crippen molar-refractivity contribution in [3.63, 3.8) is 0 Å².